The number of hydrogen-bond acceptors (Lipinski definition) is 11. The Kier molecular flexibility index (Phi) is 8.14. The lowest BCUT2D eigenvalue weighted by atomic mass is 9.86. The minimum atomic E-state index is -1.64. The minimum Gasteiger partial charge on any atom is -0.469 e. The molecule has 0 aromatic heterocycles. The van der Waals surface area contributed by atoms with Crippen molar-refractivity contribution in [1.82, 2.24) is 0 Å². The van der Waals surface area contributed by atoms with Gasteiger partial charge in [0.1, 0.15) is 24.4 Å². The van der Waals surface area contributed by atoms with Crippen molar-refractivity contribution in [2.75, 3.05) is 20.8 Å². The summed E-state index contributed by atoms with van der Waals surface area (Å²) in [7, 11) is 2.39. The number of allylic oxidation sites excluding steroid dienone is 1. The Bertz CT molecular complexity index is 656. The van der Waals surface area contributed by atoms with Gasteiger partial charge in [-0.15, -0.1) is 0 Å². The minimum absolute atomic E-state index is 0.0691. The Balaban J connectivity index is 2.27. The van der Waals surface area contributed by atoms with Crippen molar-refractivity contribution in [3.63, 3.8) is 0 Å². The van der Waals surface area contributed by atoms with Gasteiger partial charge >= 0.3 is 11.9 Å². The number of hydrogen-bond donors (Lipinski definition) is 4. The van der Waals surface area contributed by atoms with Crippen molar-refractivity contribution < 1.29 is 53.7 Å². The van der Waals surface area contributed by atoms with Crippen LogP contribution in [0.3, 0.4) is 0 Å². The first-order valence-electron chi connectivity index (χ1n) is 8.91. The molecule has 0 amide bonds. The average molecular weight is 418 g/mol. The Hall–Kier alpha value is -2.02. The van der Waals surface area contributed by atoms with Crippen LogP contribution in [-0.2, 0) is 33.3 Å². The summed E-state index contributed by atoms with van der Waals surface area (Å²) in [6, 6.07) is 0. The summed E-state index contributed by atoms with van der Waals surface area (Å²) in [5.41, 5.74) is 0.426. The van der Waals surface area contributed by atoms with E-state index in [-0.39, 0.29) is 12.0 Å². The predicted molar refractivity (Wildman–Crippen MR) is 93.7 cm³/mol. The van der Waals surface area contributed by atoms with Crippen molar-refractivity contribution in [2.45, 2.75) is 50.3 Å². The van der Waals surface area contributed by atoms with E-state index in [0.717, 1.165) is 6.26 Å². The first-order chi connectivity index (χ1) is 13.8. The molecule has 0 aromatic carbocycles. The molecule has 0 saturated carbocycles. The van der Waals surface area contributed by atoms with Crippen LogP contribution in [0.25, 0.3) is 0 Å². The van der Waals surface area contributed by atoms with Crippen molar-refractivity contribution in [2.24, 2.45) is 5.92 Å². The maximum Gasteiger partial charge on any atom is 0.337 e. The second-order valence-corrected chi connectivity index (χ2v) is 6.49. The fourth-order valence-electron chi connectivity index (χ4n) is 3.18. The lowest BCUT2D eigenvalue weighted by Gasteiger charge is -2.41. The highest BCUT2D eigenvalue weighted by Crippen LogP contribution is 2.36. The lowest BCUT2D eigenvalue weighted by Crippen LogP contribution is -2.60. The van der Waals surface area contributed by atoms with Gasteiger partial charge in [-0.3, -0.25) is 4.79 Å². The molecule has 11 heteroatoms. The number of esters is 2. The highest BCUT2D eigenvalue weighted by molar-refractivity contribution is 5.90. The van der Waals surface area contributed by atoms with Crippen LogP contribution in [0.15, 0.2) is 23.5 Å². The number of aliphatic hydroxyl groups excluding tert-OH is 4. The van der Waals surface area contributed by atoms with Crippen LogP contribution in [0.4, 0.5) is 0 Å². The van der Waals surface area contributed by atoms with Crippen LogP contribution in [0, 0.1) is 5.92 Å². The van der Waals surface area contributed by atoms with E-state index >= 15 is 0 Å². The molecule has 0 bridgehead atoms. The Morgan fingerprint density at radius 3 is 2.38 bits per heavy atom. The third-order valence-electron chi connectivity index (χ3n) is 4.83. The van der Waals surface area contributed by atoms with Gasteiger partial charge in [0.2, 0.25) is 6.29 Å². The van der Waals surface area contributed by atoms with Crippen molar-refractivity contribution in [3.05, 3.63) is 23.5 Å². The van der Waals surface area contributed by atoms with E-state index in [1.807, 2.05) is 0 Å². The molecule has 4 N–H and O–H groups in total. The fourth-order valence-corrected chi connectivity index (χ4v) is 3.18. The third kappa shape index (κ3) is 4.94. The molecule has 0 aliphatic carbocycles. The highest BCUT2D eigenvalue weighted by atomic mass is 16.8. The molecule has 7 atom stereocenters. The van der Waals surface area contributed by atoms with E-state index in [9.17, 15) is 30.0 Å². The highest BCUT2D eigenvalue weighted by Gasteiger charge is 2.46. The van der Waals surface area contributed by atoms with Gasteiger partial charge < -0.3 is 44.1 Å². The number of aliphatic hydroxyl groups is 4. The molecule has 0 unspecified atom stereocenters. The summed E-state index contributed by atoms with van der Waals surface area (Å²) in [4.78, 5) is 23.9. The molecule has 1 fully saturated rings. The smallest absolute Gasteiger partial charge is 0.337 e. The van der Waals surface area contributed by atoms with Gasteiger partial charge in [-0.2, -0.15) is 0 Å². The Morgan fingerprint density at radius 1 is 1.14 bits per heavy atom. The number of carbonyl (C=O) groups is 2. The van der Waals surface area contributed by atoms with E-state index < -0.39 is 61.5 Å². The zero-order valence-electron chi connectivity index (χ0n) is 16.3. The van der Waals surface area contributed by atoms with Crippen LogP contribution in [-0.4, -0.2) is 90.2 Å². The van der Waals surface area contributed by atoms with Crippen LogP contribution >= 0.6 is 0 Å². The van der Waals surface area contributed by atoms with Gasteiger partial charge in [0.25, 0.3) is 0 Å². The van der Waals surface area contributed by atoms with Crippen molar-refractivity contribution >= 4 is 11.9 Å². The third-order valence-corrected chi connectivity index (χ3v) is 4.83. The van der Waals surface area contributed by atoms with E-state index in [0.29, 0.717) is 5.57 Å². The normalized spacial score (nSPS) is 36.2. The zero-order chi connectivity index (χ0) is 21.7. The molecule has 2 heterocycles. The first kappa shape index (κ1) is 23.3. The molecule has 1 saturated heterocycles. The predicted octanol–water partition coefficient (Wildman–Crippen LogP) is -1.66. The fraction of sp³-hybridized carbons (Fsp3) is 0.667. The van der Waals surface area contributed by atoms with Crippen LogP contribution < -0.4 is 0 Å². The summed E-state index contributed by atoms with van der Waals surface area (Å²) >= 11 is 0. The van der Waals surface area contributed by atoms with E-state index in [1.165, 1.54) is 14.2 Å². The quantitative estimate of drug-likeness (QED) is 0.289. The molecular weight excluding hydrogens is 392 g/mol. The maximum atomic E-state index is 12.1. The molecule has 0 radical (unpaired) electrons. The molecule has 0 aromatic rings. The van der Waals surface area contributed by atoms with Gasteiger partial charge in [0.15, 0.2) is 6.29 Å². The maximum absolute atomic E-state index is 12.1. The van der Waals surface area contributed by atoms with Crippen molar-refractivity contribution in [1.29, 1.82) is 0 Å². The van der Waals surface area contributed by atoms with Gasteiger partial charge in [-0.1, -0.05) is 6.08 Å². The molecule has 29 heavy (non-hydrogen) atoms. The van der Waals surface area contributed by atoms with Crippen LogP contribution in [0.5, 0.6) is 0 Å². The SMILES string of the molecule is C/C=C1\[C@@H](O[C@H]2O[C@@H](CO)[C@H](O)[C@@H](O)[C@@H]2O)OC=C(C(=O)OC)[C@@H]1CC(=O)OC. The summed E-state index contributed by atoms with van der Waals surface area (Å²) < 4.78 is 25.8. The Morgan fingerprint density at radius 2 is 1.83 bits per heavy atom. The molecule has 0 spiro atoms. The second kappa shape index (κ2) is 10.1. The van der Waals surface area contributed by atoms with Crippen LogP contribution in [0.1, 0.15) is 13.3 Å². The first-order valence-corrected chi connectivity index (χ1v) is 8.91. The van der Waals surface area contributed by atoms with E-state index in [1.54, 1.807) is 13.0 Å². The monoisotopic (exact) mass is 418 g/mol. The molecule has 164 valence electrons. The summed E-state index contributed by atoms with van der Waals surface area (Å²) in [6.45, 7) is 1.01. The van der Waals surface area contributed by atoms with Crippen molar-refractivity contribution in [3.8, 4) is 0 Å². The van der Waals surface area contributed by atoms with Gasteiger partial charge in [0, 0.05) is 11.5 Å². The summed E-state index contributed by atoms with van der Waals surface area (Å²) in [5.74, 6) is -2.08. The molecule has 2 aliphatic rings. The number of rotatable bonds is 6. The topological polar surface area (TPSA) is 161 Å². The van der Waals surface area contributed by atoms with Gasteiger partial charge in [-0.05, 0) is 6.92 Å². The largest absolute Gasteiger partial charge is 0.469 e. The molecule has 2 rings (SSSR count). The average Bonchev–Trinajstić information content (AvgIpc) is 2.73. The molecule has 11 nitrogen and oxygen atoms in total. The second-order valence-electron chi connectivity index (χ2n) is 6.49. The summed E-state index contributed by atoms with van der Waals surface area (Å²) in [6.07, 6.45) is -6.17. The summed E-state index contributed by atoms with van der Waals surface area (Å²) in [5, 5.41) is 39.2. The number of carbonyl (C=O) groups excluding carboxylic acids is 2. The zero-order valence-corrected chi connectivity index (χ0v) is 16.3. The van der Waals surface area contributed by atoms with E-state index in [4.69, 9.17) is 18.9 Å². The van der Waals surface area contributed by atoms with Gasteiger partial charge in [-0.25, -0.2) is 4.79 Å². The molecule has 2 aliphatic heterocycles. The molecular formula is C18H26O11. The van der Waals surface area contributed by atoms with Crippen LogP contribution in [0.2, 0.25) is 0 Å². The number of ether oxygens (including phenoxy) is 5. The lowest BCUT2D eigenvalue weighted by molar-refractivity contribution is -0.327. The van der Waals surface area contributed by atoms with E-state index in [2.05, 4.69) is 4.74 Å². The standard InChI is InChI=1S/C18H26O11/c1-4-8-9(5-12(20)25-2)10(16(24)26-3)7-27-17(8)29-18-15(23)14(22)13(21)11(6-19)28-18/h4,7,9,11,13-15,17-19,21-23H,5-6H2,1-3H3/b8-4-/t9-,11+,13+,14-,15+,17-,18-/m1/s1. The Labute approximate surface area is 167 Å². The van der Waals surface area contributed by atoms with Gasteiger partial charge in [0.05, 0.1) is 39.1 Å². The number of methoxy groups -OCH3 is 2.